The second kappa shape index (κ2) is 7.60. The predicted molar refractivity (Wildman–Crippen MR) is 87.6 cm³/mol. The summed E-state index contributed by atoms with van der Waals surface area (Å²) in [5, 5.41) is 3.00. The predicted octanol–water partition coefficient (Wildman–Crippen LogP) is 3.39. The number of aryl methyl sites for hydroxylation is 1. The minimum atomic E-state index is -0.0714. The van der Waals surface area contributed by atoms with Crippen LogP contribution in [0, 0.1) is 0 Å². The number of nitrogens with two attached hydrogens (primary N) is 1. The van der Waals surface area contributed by atoms with E-state index in [2.05, 4.69) is 18.3 Å². The lowest BCUT2D eigenvalue weighted by Gasteiger charge is -2.10. The molecule has 3 nitrogen and oxygen atoms in total. The molecule has 0 aliphatic heterocycles. The highest BCUT2D eigenvalue weighted by atomic mass is 16.1. The molecule has 3 N–H and O–H groups in total. The van der Waals surface area contributed by atoms with Gasteiger partial charge in [-0.3, -0.25) is 4.79 Å². The summed E-state index contributed by atoms with van der Waals surface area (Å²) in [5.41, 5.74) is 9.42. The van der Waals surface area contributed by atoms with Crippen LogP contribution in [0.1, 0.15) is 34.8 Å². The molecule has 2 aromatic rings. The molecule has 0 saturated carbocycles. The summed E-state index contributed by atoms with van der Waals surface area (Å²) in [5.74, 6) is -0.0714. The number of para-hydroxylation sites is 1. The van der Waals surface area contributed by atoms with Crippen molar-refractivity contribution in [3.63, 3.8) is 0 Å². The molecule has 0 heterocycles. The molecule has 0 radical (unpaired) electrons. The first-order chi connectivity index (χ1) is 10.2. The quantitative estimate of drug-likeness (QED) is 0.853. The zero-order valence-corrected chi connectivity index (χ0v) is 12.4. The first-order valence-corrected chi connectivity index (χ1v) is 7.43. The summed E-state index contributed by atoms with van der Waals surface area (Å²) >= 11 is 0. The average Bonchev–Trinajstić information content (AvgIpc) is 2.50. The van der Waals surface area contributed by atoms with Gasteiger partial charge in [-0.25, -0.2) is 0 Å². The van der Waals surface area contributed by atoms with Gasteiger partial charge >= 0.3 is 0 Å². The number of nitrogens with one attached hydrogen (secondary N) is 1. The van der Waals surface area contributed by atoms with Gasteiger partial charge in [-0.05, 0) is 48.7 Å². The Morgan fingerprint density at radius 1 is 1.05 bits per heavy atom. The van der Waals surface area contributed by atoms with Gasteiger partial charge in [0.25, 0.3) is 5.91 Å². The van der Waals surface area contributed by atoms with E-state index in [1.54, 1.807) is 0 Å². The molecule has 0 fully saturated rings. The third-order valence-corrected chi connectivity index (χ3v) is 3.43. The van der Waals surface area contributed by atoms with Crippen LogP contribution in [0.15, 0.2) is 48.5 Å². The molecular weight excluding hydrogens is 260 g/mol. The van der Waals surface area contributed by atoms with Crippen LogP contribution < -0.4 is 11.1 Å². The van der Waals surface area contributed by atoms with Gasteiger partial charge in [-0.2, -0.15) is 0 Å². The topological polar surface area (TPSA) is 55.1 Å². The van der Waals surface area contributed by atoms with Gasteiger partial charge in [0, 0.05) is 11.3 Å². The number of carbonyl (C=O) groups is 1. The van der Waals surface area contributed by atoms with E-state index in [0.717, 1.165) is 30.5 Å². The smallest absolute Gasteiger partial charge is 0.255 e. The molecule has 0 aliphatic carbocycles. The Balaban J connectivity index is 2.10. The van der Waals surface area contributed by atoms with Crippen molar-refractivity contribution >= 4 is 11.6 Å². The maximum absolute atomic E-state index is 12.3. The molecule has 110 valence electrons. The Morgan fingerprint density at radius 3 is 2.43 bits per heavy atom. The lowest BCUT2D eigenvalue weighted by Crippen LogP contribution is -2.13. The number of carbonyl (C=O) groups excluding carboxylic acids is 1. The van der Waals surface area contributed by atoms with Gasteiger partial charge in [-0.15, -0.1) is 0 Å². The molecule has 0 aromatic heterocycles. The molecular formula is C18H22N2O. The fraction of sp³-hybridized carbons (Fsp3) is 0.278. The monoisotopic (exact) mass is 282 g/mol. The Bertz CT molecular complexity index is 590. The van der Waals surface area contributed by atoms with E-state index in [-0.39, 0.29) is 5.91 Å². The number of hydrogen-bond acceptors (Lipinski definition) is 2. The highest BCUT2D eigenvalue weighted by molar-refractivity contribution is 6.04. The maximum Gasteiger partial charge on any atom is 0.255 e. The SMILES string of the molecule is CCCc1ccccc1NC(=O)c1ccc(CCN)cc1. The highest BCUT2D eigenvalue weighted by Gasteiger charge is 2.08. The highest BCUT2D eigenvalue weighted by Crippen LogP contribution is 2.18. The molecule has 21 heavy (non-hydrogen) atoms. The van der Waals surface area contributed by atoms with Crippen LogP contribution >= 0.6 is 0 Å². The molecule has 2 rings (SSSR count). The largest absolute Gasteiger partial charge is 0.330 e. The van der Waals surface area contributed by atoms with Crippen molar-refractivity contribution in [3.8, 4) is 0 Å². The fourth-order valence-corrected chi connectivity index (χ4v) is 2.31. The Kier molecular flexibility index (Phi) is 5.52. The third kappa shape index (κ3) is 4.17. The fourth-order valence-electron chi connectivity index (χ4n) is 2.31. The second-order valence-electron chi connectivity index (χ2n) is 5.10. The second-order valence-corrected chi connectivity index (χ2v) is 5.10. The molecule has 0 unspecified atom stereocenters. The summed E-state index contributed by atoms with van der Waals surface area (Å²) in [6.45, 7) is 2.75. The zero-order valence-electron chi connectivity index (χ0n) is 12.4. The molecule has 0 aliphatic rings. The van der Waals surface area contributed by atoms with Gasteiger partial charge in [0.15, 0.2) is 0 Å². The minimum absolute atomic E-state index is 0.0714. The van der Waals surface area contributed by atoms with E-state index >= 15 is 0 Å². The van der Waals surface area contributed by atoms with E-state index in [1.165, 1.54) is 5.56 Å². The van der Waals surface area contributed by atoms with Gasteiger partial charge in [-0.1, -0.05) is 43.7 Å². The van der Waals surface area contributed by atoms with E-state index < -0.39 is 0 Å². The van der Waals surface area contributed by atoms with E-state index in [4.69, 9.17) is 5.73 Å². The summed E-state index contributed by atoms with van der Waals surface area (Å²) in [7, 11) is 0. The first-order valence-electron chi connectivity index (χ1n) is 7.43. The Morgan fingerprint density at radius 2 is 1.76 bits per heavy atom. The van der Waals surface area contributed by atoms with Crippen LogP contribution in [0.2, 0.25) is 0 Å². The maximum atomic E-state index is 12.3. The summed E-state index contributed by atoms with van der Waals surface area (Å²) in [6.07, 6.45) is 2.85. The van der Waals surface area contributed by atoms with Crippen LogP contribution in [0.5, 0.6) is 0 Å². The summed E-state index contributed by atoms with van der Waals surface area (Å²) < 4.78 is 0. The molecule has 0 atom stereocenters. The van der Waals surface area contributed by atoms with Gasteiger partial charge in [0.2, 0.25) is 0 Å². The average molecular weight is 282 g/mol. The van der Waals surface area contributed by atoms with Crippen LogP contribution in [0.25, 0.3) is 0 Å². The zero-order chi connectivity index (χ0) is 15.1. The van der Waals surface area contributed by atoms with Crippen molar-refractivity contribution in [1.82, 2.24) is 0 Å². The lowest BCUT2D eigenvalue weighted by molar-refractivity contribution is 0.102. The van der Waals surface area contributed by atoms with Crippen molar-refractivity contribution in [2.24, 2.45) is 5.73 Å². The summed E-state index contributed by atoms with van der Waals surface area (Å²) in [6, 6.07) is 15.6. The normalized spacial score (nSPS) is 10.4. The van der Waals surface area contributed by atoms with Gasteiger partial charge < -0.3 is 11.1 Å². The van der Waals surface area contributed by atoms with Crippen LogP contribution in [0.3, 0.4) is 0 Å². The minimum Gasteiger partial charge on any atom is -0.330 e. The molecule has 3 heteroatoms. The van der Waals surface area contributed by atoms with E-state index in [9.17, 15) is 4.79 Å². The molecule has 1 amide bonds. The number of rotatable bonds is 6. The summed E-state index contributed by atoms with van der Waals surface area (Å²) in [4.78, 5) is 12.3. The standard InChI is InChI=1S/C18H22N2O/c1-2-5-15-6-3-4-7-17(15)20-18(21)16-10-8-14(9-11-16)12-13-19/h3-4,6-11H,2,5,12-13,19H2,1H3,(H,20,21). The van der Waals surface area contributed by atoms with Gasteiger partial charge in [0.1, 0.15) is 0 Å². The molecule has 0 bridgehead atoms. The van der Waals surface area contributed by atoms with Crippen molar-refractivity contribution in [3.05, 3.63) is 65.2 Å². The molecule has 0 spiro atoms. The number of anilines is 1. The number of hydrogen-bond donors (Lipinski definition) is 2. The van der Waals surface area contributed by atoms with Crippen molar-refractivity contribution in [2.75, 3.05) is 11.9 Å². The molecule has 0 saturated heterocycles. The lowest BCUT2D eigenvalue weighted by atomic mass is 10.1. The van der Waals surface area contributed by atoms with Crippen molar-refractivity contribution < 1.29 is 4.79 Å². The third-order valence-electron chi connectivity index (χ3n) is 3.43. The van der Waals surface area contributed by atoms with E-state index in [1.807, 2.05) is 42.5 Å². The Hall–Kier alpha value is -2.13. The van der Waals surface area contributed by atoms with Crippen molar-refractivity contribution in [2.45, 2.75) is 26.2 Å². The molecule has 2 aromatic carbocycles. The first kappa shape index (κ1) is 15.3. The Labute approximate surface area is 126 Å². The van der Waals surface area contributed by atoms with E-state index in [0.29, 0.717) is 12.1 Å². The number of benzene rings is 2. The number of amides is 1. The van der Waals surface area contributed by atoms with Crippen LogP contribution in [-0.2, 0) is 12.8 Å². The van der Waals surface area contributed by atoms with Crippen LogP contribution in [-0.4, -0.2) is 12.5 Å². The van der Waals surface area contributed by atoms with Crippen molar-refractivity contribution in [1.29, 1.82) is 0 Å². The van der Waals surface area contributed by atoms with Crippen LogP contribution in [0.4, 0.5) is 5.69 Å². The van der Waals surface area contributed by atoms with Gasteiger partial charge in [0.05, 0.1) is 0 Å².